The zero-order chi connectivity index (χ0) is 14.0. The highest BCUT2D eigenvalue weighted by atomic mass is 32.2. The first-order valence-corrected chi connectivity index (χ1v) is 7.21. The maximum absolute atomic E-state index is 10.7. The molecular weight excluding hydrogens is 262 g/mol. The average molecular weight is 279 g/mol. The average Bonchev–Trinajstić information content (AvgIpc) is 2.75. The van der Waals surface area contributed by atoms with Crippen molar-refractivity contribution in [2.75, 3.05) is 5.75 Å². The van der Waals surface area contributed by atoms with E-state index in [2.05, 4.69) is 23.8 Å². The lowest BCUT2D eigenvalue weighted by atomic mass is 10.2. The van der Waals surface area contributed by atoms with Gasteiger partial charge in [0.15, 0.2) is 10.8 Å². The third-order valence-corrected chi connectivity index (χ3v) is 4.04. The van der Waals surface area contributed by atoms with Crippen LogP contribution in [0.25, 0.3) is 11.2 Å². The third kappa shape index (κ3) is 2.73. The molecule has 0 spiro atoms. The molecule has 0 fully saturated rings. The molecule has 0 amide bonds. The number of aromatic nitrogens is 3. The van der Waals surface area contributed by atoms with E-state index >= 15 is 0 Å². The van der Waals surface area contributed by atoms with Gasteiger partial charge in [0.2, 0.25) is 0 Å². The van der Waals surface area contributed by atoms with Crippen molar-refractivity contribution in [2.45, 2.75) is 38.4 Å². The molecule has 2 aromatic heterocycles. The molecule has 0 aliphatic heterocycles. The molecule has 0 aromatic carbocycles. The van der Waals surface area contributed by atoms with Crippen LogP contribution in [0.4, 0.5) is 0 Å². The molecule has 102 valence electrons. The second kappa shape index (κ2) is 5.61. The molecule has 0 radical (unpaired) electrons. The number of carboxylic acid groups (broad SMARTS) is 1. The Morgan fingerprint density at radius 3 is 2.95 bits per heavy atom. The zero-order valence-electron chi connectivity index (χ0n) is 11.3. The fourth-order valence-electron chi connectivity index (χ4n) is 1.90. The summed E-state index contributed by atoms with van der Waals surface area (Å²) in [5, 5.41) is 9.55. The van der Waals surface area contributed by atoms with Crippen LogP contribution in [0, 0.1) is 6.92 Å². The number of fused-ring (bicyclic) bond motifs is 1. The van der Waals surface area contributed by atoms with Crippen LogP contribution in [0.15, 0.2) is 17.4 Å². The van der Waals surface area contributed by atoms with Crippen LogP contribution < -0.4 is 0 Å². The van der Waals surface area contributed by atoms with Gasteiger partial charge in [-0.2, -0.15) is 0 Å². The summed E-state index contributed by atoms with van der Waals surface area (Å²) in [6.07, 6.45) is 2.71. The summed E-state index contributed by atoms with van der Waals surface area (Å²) < 4.78 is 2.04. The van der Waals surface area contributed by atoms with Gasteiger partial charge >= 0.3 is 5.97 Å². The molecule has 5 nitrogen and oxygen atoms in total. The molecule has 0 saturated carbocycles. The van der Waals surface area contributed by atoms with Gasteiger partial charge in [0.1, 0.15) is 5.52 Å². The van der Waals surface area contributed by atoms with Gasteiger partial charge in [0.25, 0.3) is 0 Å². The maximum atomic E-state index is 10.7. The van der Waals surface area contributed by atoms with Crippen molar-refractivity contribution in [3.63, 3.8) is 0 Å². The number of carbonyl (C=O) groups is 1. The van der Waals surface area contributed by atoms with Crippen molar-refractivity contribution >= 4 is 28.9 Å². The fourth-order valence-corrected chi connectivity index (χ4v) is 2.71. The molecular formula is C13H17N3O2S. The molecule has 0 aliphatic carbocycles. The summed E-state index contributed by atoms with van der Waals surface area (Å²) in [7, 11) is 0. The Kier molecular flexibility index (Phi) is 4.09. The van der Waals surface area contributed by atoms with E-state index in [-0.39, 0.29) is 11.8 Å². The minimum absolute atomic E-state index is 0.0127. The van der Waals surface area contributed by atoms with Crippen molar-refractivity contribution in [3.8, 4) is 0 Å². The number of imidazole rings is 1. The topological polar surface area (TPSA) is 68.0 Å². The molecule has 0 saturated heterocycles. The zero-order valence-corrected chi connectivity index (χ0v) is 12.1. The van der Waals surface area contributed by atoms with Gasteiger partial charge in [-0.25, -0.2) is 9.97 Å². The smallest absolute Gasteiger partial charge is 0.313 e. The molecule has 6 heteroatoms. The quantitative estimate of drug-likeness (QED) is 0.852. The Morgan fingerprint density at radius 2 is 2.32 bits per heavy atom. The van der Waals surface area contributed by atoms with Gasteiger partial charge in [-0.3, -0.25) is 4.79 Å². The number of hydrogen-bond donors (Lipinski definition) is 1. The van der Waals surface area contributed by atoms with E-state index in [9.17, 15) is 4.79 Å². The second-order valence-electron chi connectivity index (χ2n) is 4.50. The lowest BCUT2D eigenvalue weighted by molar-refractivity contribution is -0.133. The van der Waals surface area contributed by atoms with Crippen LogP contribution in [0.2, 0.25) is 0 Å². The largest absolute Gasteiger partial charge is 0.481 e. The molecule has 2 aromatic rings. The van der Waals surface area contributed by atoms with Crippen molar-refractivity contribution < 1.29 is 9.90 Å². The van der Waals surface area contributed by atoms with Gasteiger partial charge < -0.3 is 9.67 Å². The Labute approximate surface area is 116 Å². The van der Waals surface area contributed by atoms with Crippen LogP contribution in [-0.4, -0.2) is 31.4 Å². The Bertz CT molecular complexity index is 609. The molecule has 1 atom stereocenters. The van der Waals surface area contributed by atoms with Gasteiger partial charge in [-0.05, 0) is 31.9 Å². The van der Waals surface area contributed by atoms with E-state index in [0.29, 0.717) is 0 Å². The van der Waals surface area contributed by atoms with Crippen LogP contribution in [0.1, 0.15) is 31.9 Å². The first kappa shape index (κ1) is 13.9. The molecule has 1 N–H and O–H groups in total. The van der Waals surface area contributed by atoms with Crippen molar-refractivity contribution in [3.05, 3.63) is 17.8 Å². The Hall–Kier alpha value is -1.56. The van der Waals surface area contributed by atoms with Crippen LogP contribution >= 0.6 is 11.8 Å². The number of carboxylic acids is 1. The predicted molar refractivity (Wildman–Crippen MR) is 75.6 cm³/mol. The van der Waals surface area contributed by atoms with Gasteiger partial charge in [-0.15, -0.1) is 0 Å². The van der Waals surface area contributed by atoms with Crippen LogP contribution in [0.3, 0.4) is 0 Å². The highest BCUT2D eigenvalue weighted by Crippen LogP contribution is 2.29. The molecule has 0 aliphatic rings. The normalized spacial score (nSPS) is 12.8. The maximum Gasteiger partial charge on any atom is 0.313 e. The number of aliphatic carboxylic acids is 1. The van der Waals surface area contributed by atoms with Gasteiger partial charge in [0.05, 0.1) is 5.75 Å². The highest BCUT2D eigenvalue weighted by molar-refractivity contribution is 7.99. The number of aryl methyl sites for hydroxylation is 1. The van der Waals surface area contributed by atoms with Crippen molar-refractivity contribution in [1.29, 1.82) is 0 Å². The monoisotopic (exact) mass is 279 g/mol. The minimum Gasteiger partial charge on any atom is -0.481 e. The number of thioether (sulfide) groups is 1. The summed E-state index contributed by atoms with van der Waals surface area (Å²) in [5.74, 6) is -0.823. The summed E-state index contributed by atoms with van der Waals surface area (Å²) >= 11 is 1.25. The molecule has 0 bridgehead atoms. The SMILES string of the molecule is CCC(C)n1c(SCC(=O)O)nc2c(C)ccnc21. The summed E-state index contributed by atoms with van der Waals surface area (Å²) in [6, 6.07) is 2.16. The Balaban J connectivity index is 2.54. The van der Waals surface area contributed by atoms with Crippen LogP contribution in [0.5, 0.6) is 0 Å². The first-order valence-electron chi connectivity index (χ1n) is 6.22. The molecule has 19 heavy (non-hydrogen) atoms. The van der Waals surface area contributed by atoms with E-state index in [1.54, 1.807) is 6.20 Å². The van der Waals surface area contributed by atoms with Gasteiger partial charge in [-0.1, -0.05) is 18.7 Å². The molecule has 2 rings (SSSR count). The molecule has 2 heterocycles. The highest BCUT2D eigenvalue weighted by Gasteiger charge is 2.18. The summed E-state index contributed by atoms with van der Waals surface area (Å²) in [4.78, 5) is 19.7. The predicted octanol–water partition coefficient (Wildman–Crippen LogP) is 2.89. The first-order chi connectivity index (χ1) is 9.04. The van der Waals surface area contributed by atoms with E-state index < -0.39 is 5.97 Å². The Morgan fingerprint density at radius 1 is 1.58 bits per heavy atom. The lowest BCUT2D eigenvalue weighted by Crippen LogP contribution is -2.07. The van der Waals surface area contributed by atoms with E-state index in [1.165, 1.54) is 11.8 Å². The van der Waals surface area contributed by atoms with Crippen molar-refractivity contribution in [2.24, 2.45) is 0 Å². The standard InChI is InChI=1S/C13H17N3O2S/c1-4-9(3)16-12-11(8(2)5-6-14-12)15-13(16)19-7-10(17)18/h5-6,9H,4,7H2,1-3H3,(H,17,18). The summed E-state index contributed by atoms with van der Waals surface area (Å²) in [5.41, 5.74) is 2.75. The van der Waals surface area contributed by atoms with Crippen molar-refractivity contribution in [1.82, 2.24) is 14.5 Å². The van der Waals surface area contributed by atoms with E-state index in [0.717, 1.165) is 28.3 Å². The summed E-state index contributed by atoms with van der Waals surface area (Å²) in [6.45, 7) is 6.18. The number of rotatable bonds is 5. The number of nitrogens with zero attached hydrogens (tertiary/aromatic N) is 3. The lowest BCUT2D eigenvalue weighted by Gasteiger charge is -2.14. The van der Waals surface area contributed by atoms with E-state index in [4.69, 9.17) is 5.11 Å². The number of hydrogen-bond acceptors (Lipinski definition) is 4. The number of pyridine rings is 1. The van der Waals surface area contributed by atoms with Gasteiger partial charge in [0, 0.05) is 12.2 Å². The molecule has 1 unspecified atom stereocenters. The van der Waals surface area contributed by atoms with E-state index in [1.807, 2.05) is 17.6 Å². The fraction of sp³-hybridized carbons (Fsp3) is 0.462. The second-order valence-corrected chi connectivity index (χ2v) is 5.45. The minimum atomic E-state index is -0.836. The third-order valence-electron chi connectivity index (χ3n) is 3.10. The van der Waals surface area contributed by atoms with Crippen LogP contribution in [-0.2, 0) is 4.79 Å².